The second kappa shape index (κ2) is 5.61. The Balaban J connectivity index is 2.38. The molecular weight excluding hydrogens is 274 g/mol. The van der Waals surface area contributed by atoms with Crippen LogP contribution < -0.4 is 5.32 Å². The van der Waals surface area contributed by atoms with E-state index in [2.05, 4.69) is 10.4 Å². The second-order valence-electron chi connectivity index (χ2n) is 4.72. The molecule has 1 aromatic heterocycles. The Kier molecular flexibility index (Phi) is 3.88. The van der Waals surface area contributed by atoms with Gasteiger partial charge < -0.3 is 10.2 Å². The smallest absolute Gasteiger partial charge is 0.293 e. The van der Waals surface area contributed by atoms with E-state index in [0.717, 1.165) is 0 Å². The number of rotatable bonds is 4. The highest BCUT2D eigenvalue weighted by Crippen LogP contribution is 2.28. The van der Waals surface area contributed by atoms with Crippen LogP contribution >= 0.6 is 0 Å². The maximum Gasteiger partial charge on any atom is 0.293 e. The van der Waals surface area contributed by atoms with Crippen molar-refractivity contribution in [3.63, 3.8) is 0 Å². The van der Waals surface area contributed by atoms with Crippen LogP contribution in [0.4, 0.5) is 17.1 Å². The summed E-state index contributed by atoms with van der Waals surface area (Å²) < 4.78 is 1.58. The molecule has 1 heterocycles. The molecule has 0 spiro atoms. The molecule has 8 heteroatoms. The van der Waals surface area contributed by atoms with Crippen LogP contribution in [0.2, 0.25) is 0 Å². The molecule has 1 N–H and O–H groups in total. The predicted molar refractivity (Wildman–Crippen MR) is 77.6 cm³/mol. The summed E-state index contributed by atoms with van der Waals surface area (Å²) in [5, 5.41) is 18.1. The zero-order valence-corrected chi connectivity index (χ0v) is 11.9. The lowest BCUT2D eigenvalue weighted by atomic mass is 10.1. The zero-order valence-electron chi connectivity index (χ0n) is 11.9. The number of nitro groups is 1. The number of carbonyl (C=O) groups excluding carboxylic acids is 1. The largest absolute Gasteiger partial charge is 0.347 e. The Morgan fingerprint density at radius 3 is 2.67 bits per heavy atom. The van der Waals surface area contributed by atoms with Crippen molar-refractivity contribution >= 4 is 23.0 Å². The standard InChI is InChI=1S/C13H15N5O3/c1-16(2)13(19)9-4-5-11(12(6-9)18(20)21)15-10-7-14-17(3)8-10/h4-8,15H,1-3H3. The lowest BCUT2D eigenvalue weighted by molar-refractivity contribution is -0.383. The van der Waals surface area contributed by atoms with Crippen LogP contribution in [0, 0.1) is 10.1 Å². The molecule has 0 fully saturated rings. The van der Waals surface area contributed by atoms with Crippen molar-refractivity contribution in [2.24, 2.45) is 7.05 Å². The lowest BCUT2D eigenvalue weighted by Crippen LogP contribution is -2.21. The first kappa shape index (κ1) is 14.5. The van der Waals surface area contributed by atoms with Gasteiger partial charge in [-0.2, -0.15) is 5.10 Å². The van der Waals surface area contributed by atoms with Crippen molar-refractivity contribution in [3.05, 3.63) is 46.3 Å². The topological polar surface area (TPSA) is 93.3 Å². The molecule has 2 rings (SSSR count). The van der Waals surface area contributed by atoms with E-state index >= 15 is 0 Å². The van der Waals surface area contributed by atoms with Crippen LogP contribution in [0.25, 0.3) is 0 Å². The molecule has 0 saturated heterocycles. The summed E-state index contributed by atoms with van der Waals surface area (Å²) in [5.74, 6) is -0.286. The lowest BCUT2D eigenvalue weighted by Gasteiger charge is -2.11. The van der Waals surface area contributed by atoms with Crippen LogP contribution in [0.5, 0.6) is 0 Å². The van der Waals surface area contributed by atoms with Gasteiger partial charge in [0, 0.05) is 39.0 Å². The average Bonchev–Trinajstić information content (AvgIpc) is 2.83. The number of nitrogens with zero attached hydrogens (tertiary/aromatic N) is 4. The molecule has 0 radical (unpaired) electrons. The van der Waals surface area contributed by atoms with Gasteiger partial charge in [0.15, 0.2) is 0 Å². The van der Waals surface area contributed by atoms with E-state index in [-0.39, 0.29) is 17.2 Å². The monoisotopic (exact) mass is 289 g/mol. The van der Waals surface area contributed by atoms with E-state index in [9.17, 15) is 14.9 Å². The summed E-state index contributed by atoms with van der Waals surface area (Å²) in [7, 11) is 4.93. The number of hydrogen-bond donors (Lipinski definition) is 1. The Morgan fingerprint density at radius 2 is 2.14 bits per heavy atom. The minimum absolute atomic E-state index is 0.161. The van der Waals surface area contributed by atoms with Gasteiger partial charge in [-0.05, 0) is 12.1 Å². The normalized spacial score (nSPS) is 10.2. The molecule has 0 aliphatic carbocycles. The van der Waals surface area contributed by atoms with Gasteiger partial charge in [-0.25, -0.2) is 0 Å². The van der Waals surface area contributed by atoms with Crippen molar-refractivity contribution in [1.29, 1.82) is 0 Å². The number of nitro benzene ring substituents is 1. The summed E-state index contributed by atoms with van der Waals surface area (Å²) in [6.45, 7) is 0. The van der Waals surface area contributed by atoms with Gasteiger partial charge >= 0.3 is 0 Å². The Hall–Kier alpha value is -2.90. The van der Waals surface area contributed by atoms with Gasteiger partial charge in [0.05, 0.1) is 16.8 Å². The molecule has 2 aromatic rings. The molecule has 21 heavy (non-hydrogen) atoms. The second-order valence-corrected chi connectivity index (χ2v) is 4.72. The van der Waals surface area contributed by atoms with Crippen molar-refractivity contribution < 1.29 is 9.72 Å². The Bertz CT molecular complexity index is 693. The highest BCUT2D eigenvalue weighted by Gasteiger charge is 2.18. The van der Waals surface area contributed by atoms with Crippen LogP contribution in [0.1, 0.15) is 10.4 Å². The summed E-state index contributed by atoms with van der Waals surface area (Å²) in [4.78, 5) is 23.9. The van der Waals surface area contributed by atoms with Crippen LogP contribution in [-0.2, 0) is 7.05 Å². The van der Waals surface area contributed by atoms with Crippen molar-refractivity contribution in [2.45, 2.75) is 0 Å². The summed E-state index contributed by atoms with van der Waals surface area (Å²) >= 11 is 0. The van der Waals surface area contributed by atoms with E-state index < -0.39 is 4.92 Å². The Labute approximate surface area is 121 Å². The number of amides is 1. The zero-order chi connectivity index (χ0) is 15.6. The van der Waals surface area contributed by atoms with Gasteiger partial charge in [0.25, 0.3) is 11.6 Å². The molecule has 0 atom stereocenters. The third-order valence-corrected chi connectivity index (χ3v) is 2.83. The average molecular weight is 289 g/mol. The van der Waals surface area contributed by atoms with E-state index in [0.29, 0.717) is 11.4 Å². The van der Waals surface area contributed by atoms with Gasteiger partial charge in [-0.15, -0.1) is 0 Å². The third-order valence-electron chi connectivity index (χ3n) is 2.83. The fourth-order valence-corrected chi connectivity index (χ4v) is 1.82. The van der Waals surface area contributed by atoms with Gasteiger partial charge in [-0.3, -0.25) is 19.6 Å². The number of aryl methyl sites for hydroxylation is 1. The van der Waals surface area contributed by atoms with Gasteiger partial charge in [-0.1, -0.05) is 0 Å². The first-order valence-corrected chi connectivity index (χ1v) is 6.14. The van der Waals surface area contributed by atoms with Crippen molar-refractivity contribution in [1.82, 2.24) is 14.7 Å². The first-order chi connectivity index (χ1) is 9.88. The first-order valence-electron chi connectivity index (χ1n) is 6.14. The predicted octanol–water partition coefficient (Wildman–Crippen LogP) is 1.77. The van der Waals surface area contributed by atoms with Crippen LogP contribution in [0.15, 0.2) is 30.6 Å². The molecule has 0 unspecified atom stereocenters. The SMILES string of the molecule is CN(C)C(=O)c1ccc(Nc2cnn(C)c2)c([N+](=O)[O-])c1. The van der Waals surface area contributed by atoms with Gasteiger partial charge in [0.1, 0.15) is 5.69 Å². The quantitative estimate of drug-likeness (QED) is 0.684. The van der Waals surface area contributed by atoms with E-state index in [1.54, 1.807) is 44.3 Å². The van der Waals surface area contributed by atoms with Gasteiger partial charge in [0.2, 0.25) is 0 Å². The van der Waals surface area contributed by atoms with Crippen molar-refractivity contribution in [3.8, 4) is 0 Å². The van der Waals surface area contributed by atoms with Crippen LogP contribution in [0.3, 0.4) is 0 Å². The van der Waals surface area contributed by atoms with E-state index in [1.807, 2.05) is 0 Å². The minimum Gasteiger partial charge on any atom is -0.347 e. The molecular formula is C13H15N5O3. The maximum absolute atomic E-state index is 11.9. The molecule has 1 aromatic carbocycles. The number of benzene rings is 1. The minimum atomic E-state index is -0.523. The fourth-order valence-electron chi connectivity index (χ4n) is 1.82. The number of nitrogens with one attached hydrogen (secondary N) is 1. The van der Waals surface area contributed by atoms with Crippen LogP contribution in [-0.4, -0.2) is 39.6 Å². The van der Waals surface area contributed by atoms with Crippen molar-refractivity contribution in [2.75, 3.05) is 19.4 Å². The molecule has 1 amide bonds. The molecule has 0 aliphatic rings. The number of hydrogen-bond acceptors (Lipinski definition) is 5. The van der Waals surface area contributed by atoms with E-state index in [4.69, 9.17) is 0 Å². The number of anilines is 2. The fraction of sp³-hybridized carbons (Fsp3) is 0.231. The maximum atomic E-state index is 11.9. The molecule has 0 bridgehead atoms. The van der Waals surface area contributed by atoms with E-state index in [1.165, 1.54) is 17.0 Å². The molecule has 110 valence electrons. The molecule has 0 saturated carbocycles. The molecule has 8 nitrogen and oxygen atoms in total. The number of carbonyl (C=O) groups is 1. The summed E-state index contributed by atoms with van der Waals surface area (Å²) in [6, 6.07) is 4.33. The highest BCUT2D eigenvalue weighted by molar-refractivity contribution is 5.95. The molecule has 0 aliphatic heterocycles. The summed E-state index contributed by atoms with van der Waals surface area (Å²) in [6.07, 6.45) is 3.26. The Morgan fingerprint density at radius 1 is 1.43 bits per heavy atom. The number of aromatic nitrogens is 2. The third kappa shape index (κ3) is 3.16. The highest BCUT2D eigenvalue weighted by atomic mass is 16.6. The summed E-state index contributed by atoms with van der Waals surface area (Å²) in [5.41, 5.74) is 1.05.